The molecule has 2 saturated heterocycles. The zero-order chi connectivity index (χ0) is 24.8. The molecule has 2 aliphatic rings. The fourth-order valence-electron chi connectivity index (χ4n) is 4.70. The number of nitrogens with zero attached hydrogens (tertiary/aromatic N) is 4. The van der Waals surface area contributed by atoms with Crippen LogP contribution in [0.3, 0.4) is 0 Å². The zero-order valence-corrected chi connectivity index (χ0v) is 20.6. The van der Waals surface area contributed by atoms with Gasteiger partial charge in [-0.3, -0.25) is 9.89 Å². The Bertz CT molecular complexity index is 1410. The van der Waals surface area contributed by atoms with Crippen LogP contribution in [0.5, 0.6) is 0 Å². The number of hydrogen-bond donors (Lipinski definition) is 1. The predicted molar refractivity (Wildman–Crippen MR) is 128 cm³/mol. The van der Waals surface area contributed by atoms with Crippen LogP contribution in [-0.4, -0.2) is 78.1 Å². The Hall–Kier alpha value is -3.18. The van der Waals surface area contributed by atoms with Crippen LogP contribution in [0, 0.1) is 5.41 Å². The summed E-state index contributed by atoms with van der Waals surface area (Å²) in [6.07, 6.45) is 2.21. The van der Waals surface area contributed by atoms with Gasteiger partial charge in [-0.05, 0) is 48.7 Å². The van der Waals surface area contributed by atoms with Crippen molar-refractivity contribution in [2.75, 3.05) is 32.4 Å². The molecular weight excluding hydrogens is 494 g/mol. The second kappa shape index (κ2) is 8.80. The van der Waals surface area contributed by atoms with Crippen molar-refractivity contribution in [1.29, 1.82) is 0 Å². The molecule has 2 fully saturated rings. The summed E-state index contributed by atoms with van der Waals surface area (Å²) in [5.74, 6) is -0.0289. The molecule has 10 nitrogen and oxygen atoms in total. The quantitative estimate of drug-likeness (QED) is 0.564. The van der Waals surface area contributed by atoms with Gasteiger partial charge in [0.1, 0.15) is 12.1 Å². The van der Waals surface area contributed by atoms with Gasteiger partial charge in [-0.1, -0.05) is 22.9 Å². The summed E-state index contributed by atoms with van der Waals surface area (Å²) in [6.45, 7) is 2.36. The molecule has 2 amide bonds. The van der Waals surface area contributed by atoms with E-state index in [1.807, 2.05) is 4.90 Å². The van der Waals surface area contributed by atoms with Crippen LogP contribution in [0.25, 0.3) is 11.0 Å². The summed E-state index contributed by atoms with van der Waals surface area (Å²) in [6, 6.07) is 9.86. The van der Waals surface area contributed by atoms with Gasteiger partial charge in [-0.15, -0.1) is 5.10 Å². The molecule has 0 unspecified atom stereocenters. The van der Waals surface area contributed by atoms with Crippen molar-refractivity contribution in [1.82, 2.24) is 25.2 Å². The van der Waals surface area contributed by atoms with Crippen LogP contribution in [0.2, 0.25) is 5.02 Å². The lowest BCUT2D eigenvalue weighted by Crippen LogP contribution is -2.62. The summed E-state index contributed by atoms with van der Waals surface area (Å²) >= 11 is 5.97. The fourth-order valence-corrected chi connectivity index (χ4v) is 6.03. The van der Waals surface area contributed by atoms with E-state index in [4.69, 9.17) is 16.3 Å². The summed E-state index contributed by atoms with van der Waals surface area (Å²) in [7, 11) is -3.48. The molecule has 0 bridgehead atoms. The summed E-state index contributed by atoms with van der Waals surface area (Å²) in [4.78, 5) is 28.9. The van der Waals surface area contributed by atoms with Crippen LogP contribution in [0.4, 0.5) is 4.79 Å². The molecule has 1 N–H and O–H groups in total. The minimum absolute atomic E-state index is 0.0117. The molecule has 0 atom stereocenters. The molecule has 3 aromatic rings. The van der Waals surface area contributed by atoms with Crippen LogP contribution >= 0.6 is 11.6 Å². The molecule has 12 heteroatoms. The zero-order valence-electron chi connectivity index (χ0n) is 19.0. The largest absolute Gasteiger partial charge is 0.445 e. The molecular formula is C23H24ClN5O5S. The van der Waals surface area contributed by atoms with E-state index in [2.05, 4.69) is 15.4 Å². The van der Waals surface area contributed by atoms with E-state index in [0.29, 0.717) is 42.8 Å². The van der Waals surface area contributed by atoms with Crippen molar-refractivity contribution >= 4 is 44.5 Å². The SMILES string of the molecule is CS(=O)(=O)c1cc(COC(=O)N2CCC3(CC2)CN(C(=O)c2ccc4[nH]nnc4c2)C3)ccc1Cl. The number of nitrogens with one attached hydrogen (secondary N) is 1. The molecule has 2 aliphatic heterocycles. The van der Waals surface area contributed by atoms with Gasteiger partial charge in [0.25, 0.3) is 5.91 Å². The van der Waals surface area contributed by atoms with Gasteiger partial charge in [0.05, 0.1) is 15.4 Å². The Kier molecular flexibility index (Phi) is 5.92. The molecule has 5 rings (SSSR count). The maximum Gasteiger partial charge on any atom is 0.410 e. The summed E-state index contributed by atoms with van der Waals surface area (Å²) < 4.78 is 29.1. The van der Waals surface area contributed by atoms with E-state index in [0.717, 1.165) is 24.6 Å². The highest BCUT2D eigenvalue weighted by atomic mass is 35.5. The number of H-pyrrole nitrogens is 1. The summed E-state index contributed by atoms with van der Waals surface area (Å²) in [5.41, 5.74) is 2.60. The van der Waals surface area contributed by atoms with Gasteiger partial charge < -0.3 is 14.5 Å². The maximum absolute atomic E-state index is 12.9. The maximum atomic E-state index is 12.9. The van der Waals surface area contributed by atoms with Crippen LogP contribution < -0.4 is 0 Å². The Morgan fingerprint density at radius 3 is 2.57 bits per heavy atom. The number of rotatable bonds is 4. The van der Waals surface area contributed by atoms with E-state index in [-0.39, 0.29) is 27.8 Å². The Labute approximate surface area is 207 Å². The molecule has 1 spiro atoms. The third-order valence-corrected chi connectivity index (χ3v) is 8.33. The number of carbonyl (C=O) groups excluding carboxylic acids is 2. The topological polar surface area (TPSA) is 126 Å². The van der Waals surface area contributed by atoms with E-state index < -0.39 is 15.9 Å². The second-order valence-electron chi connectivity index (χ2n) is 9.28. The number of likely N-dealkylation sites (tertiary alicyclic amines) is 2. The van der Waals surface area contributed by atoms with E-state index in [9.17, 15) is 18.0 Å². The molecule has 184 valence electrons. The number of aromatic amines is 1. The van der Waals surface area contributed by atoms with Crippen LogP contribution in [0.15, 0.2) is 41.3 Å². The van der Waals surface area contributed by atoms with Crippen LogP contribution in [0.1, 0.15) is 28.8 Å². The molecule has 0 saturated carbocycles. The monoisotopic (exact) mass is 517 g/mol. The minimum atomic E-state index is -3.48. The third-order valence-electron chi connectivity index (χ3n) is 6.75. The molecule has 0 radical (unpaired) electrons. The average Bonchev–Trinajstić information content (AvgIpc) is 3.28. The standard InChI is InChI=1S/C23H24ClN5O5S/c1-35(32,33)20-10-15(2-4-17(20)24)12-34-22(31)28-8-6-23(7-9-28)13-29(14-23)21(30)16-3-5-18-19(11-16)26-27-25-18/h2-5,10-11H,6-9,12-14H2,1H3,(H,25,26,27). The number of ether oxygens (including phenoxy) is 1. The normalized spacial score (nSPS) is 17.4. The smallest absolute Gasteiger partial charge is 0.410 e. The number of sulfone groups is 1. The highest BCUT2D eigenvalue weighted by Crippen LogP contribution is 2.41. The Morgan fingerprint density at radius 1 is 1.11 bits per heavy atom. The number of amides is 2. The lowest BCUT2D eigenvalue weighted by Gasteiger charge is -2.53. The Morgan fingerprint density at radius 2 is 1.86 bits per heavy atom. The molecule has 3 heterocycles. The summed E-state index contributed by atoms with van der Waals surface area (Å²) in [5, 5.41) is 10.6. The van der Waals surface area contributed by atoms with Gasteiger partial charge in [0, 0.05) is 43.4 Å². The van der Waals surface area contributed by atoms with Crippen molar-refractivity contribution in [2.45, 2.75) is 24.3 Å². The van der Waals surface area contributed by atoms with Crippen molar-refractivity contribution in [2.24, 2.45) is 5.41 Å². The van der Waals surface area contributed by atoms with Gasteiger partial charge in [0.2, 0.25) is 0 Å². The number of piperidine rings is 1. The second-order valence-corrected chi connectivity index (χ2v) is 11.7. The van der Waals surface area contributed by atoms with E-state index in [1.54, 1.807) is 29.2 Å². The molecule has 35 heavy (non-hydrogen) atoms. The third kappa shape index (κ3) is 4.70. The minimum Gasteiger partial charge on any atom is -0.445 e. The van der Waals surface area contributed by atoms with Gasteiger partial charge in [-0.2, -0.15) is 0 Å². The highest BCUT2D eigenvalue weighted by Gasteiger charge is 2.47. The number of fused-ring (bicyclic) bond motifs is 1. The number of halogens is 1. The van der Waals surface area contributed by atoms with E-state index >= 15 is 0 Å². The number of aromatic nitrogens is 3. The molecule has 0 aliphatic carbocycles. The van der Waals surface area contributed by atoms with Crippen molar-refractivity contribution < 1.29 is 22.7 Å². The first-order valence-corrected chi connectivity index (χ1v) is 13.4. The first kappa shape index (κ1) is 23.6. The van der Waals surface area contributed by atoms with Crippen molar-refractivity contribution in [3.63, 3.8) is 0 Å². The lowest BCUT2D eigenvalue weighted by molar-refractivity contribution is -0.0319. The van der Waals surface area contributed by atoms with Gasteiger partial charge >= 0.3 is 6.09 Å². The Balaban J connectivity index is 1.12. The van der Waals surface area contributed by atoms with Gasteiger partial charge in [-0.25, -0.2) is 13.2 Å². The number of hydrogen-bond acceptors (Lipinski definition) is 7. The first-order valence-electron chi connectivity index (χ1n) is 11.1. The van der Waals surface area contributed by atoms with Crippen molar-refractivity contribution in [3.05, 3.63) is 52.5 Å². The van der Waals surface area contributed by atoms with E-state index in [1.165, 1.54) is 12.1 Å². The molecule has 1 aromatic heterocycles. The number of benzene rings is 2. The fraction of sp³-hybridized carbons (Fsp3) is 0.391. The van der Waals surface area contributed by atoms with Crippen LogP contribution in [-0.2, 0) is 21.2 Å². The van der Waals surface area contributed by atoms with Crippen molar-refractivity contribution in [3.8, 4) is 0 Å². The highest BCUT2D eigenvalue weighted by molar-refractivity contribution is 7.90. The number of carbonyl (C=O) groups is 2. The average molecular weight is 518 g/mol. The predicted octanol–water partition coefficient (Wildman–Crippen LogP) is 2.89. The lowest BCUT2D eigenvalue weighted by atomic mass is 9.72. The molecule has 2 aromatic carbocycles. The first-order chi connectivity index (χ1) is 16.6. The van der Waals surface area contributed by atoms with Gasteiger partial charge in [0.15, 0.2) is 9.84 Å².